The first-order valence-electron chi connectivity index (χ1n) is 8.34. The molecule has 25 heavy (non-hydrogen) atoms. The fourth-order valence-electron chi connectivity index (χ4n) is 3.40. The van der Waals surface area contributed by atoms with Gasteiger partial charge in [-0.3, -0.25) is 9.59 Å². The molecule has 1 aliphatic heterocycles. The summed E-state index contributed by atoms with van der Waals surface area (Å²) in [5.41, 5.74) is 2.41. The number of benzene rings is 2. The van der Waals surface area contributed by atoms with Crippen molar-refractivity contribution in [3.05, 3.63) is 54.1 Å². The summed E-state index contributed by atoms with van der Waals surface area (Å²) in [7, 11) is 1.60. The molecule has 0 aliphatic carbocycles. The van der Waals surface area contributed by atoms with E-state index < -0.39 is 0 Å². The Balaban J connectivity index is 1.93. The van der Waals surface area contributed by atoms with Gasteiger partial charge in [-0.25, -0.2) is 0 Å². The number of para-hydroxylation sites is 3. The molecule has 2 aromatic rings. The van der Waals surface area contributed by atoms with Crippen molar-refractivity contribution in [2.45, 2.75) is 26.3 Å². The zero-order valence-corrected chi connectivity index (χ0v) is 14.7. The van der Waals surface area contributed by atoms with Gasteiger partial charge in [-0.2, -0.15) is 0 Å². The fourth-order valence-corrected chi connectivity index (χ4v) is 3.40. The van der Waals surface area contributed by atoms with Gasteiger partial charge in [0.15, 0.2) is 0 Å². The van der Waals surface area contributed by atoms with Crippen molar-refractivity contribution in [1.29, 1.82) is 0 Å². The quantitative estimate of drug-likeness (QED) is 0.864. The van der Waals surface area contributed by atoms with Crippen LogP contribution in [0.15, 0.2) is 48.5 Å². The van der Waals surface area contributed by atoms with E-state index in [9.17, 15) is 9.59 Å². The molecule has 130 valence electrons. The predicted molar refractivity (Wildman–Crippen MR) is 98.1 cm³/mol. The van der Waals surface area contributed by atoms with E-state index in [-0.39, 0.29) is 24.3 Å². The molecule has 1 atom stereocenters. The van der Waals surface area contributed by atoms with Crippen molar-refractivity contribution < 1.29 is 14.3 Å². The molecule has 0 aromatic heterocycles. The van der Waals surface area contributed by atoms with Crippen molar-refractivity contribution in [2.75, 3.05) is 23.5 Å². The number of ether oxygens (including phenoxy) is 1. The maximum atomic E-state index is 13.0. The average Bonchev–Trinajstić information content (AvgIpc) is 2.61. The van der Waals surface area contributed by atoms with Crippen LogP contribution in [-0.4, -0.2) is 31.5 Å². The SMILES string of the molecule is COc1ccccc1CC(=O)N1C[C@H](C)N(C(C)=O)c2ccccc21. The number of methoxy groups -OCH3 is 1. The molecule has 2 aromatic carbocycles. The van der Waals surface area contributed by atoms with Gasteiger partial charge in [0.05, 0.1) is 30.9 Å². The second kappa shape index (κ2) is 6.97. The monoisotopic (exact) mass is 338 g/mol. The third kappa shape index (κ3) is 3.22. The summed E-state index contributed by atoms with van der Waals surface area (Å²) in [6, 6.07) is 15.0. The largest absolute Gasteiger partial charge is 0.496 e. The first-order valence-corrected chi connectivity index (χ1v) is 8.34. The second-order valence-electron chi connectivity index (χ2n) is 6.22. The van der Waals surface area contributed by atoms with Crippen LogP contribution in [0.1, 0.15) is 19.4 Å². The Morgan fingerprint density at radius 3 is 2.40 bits per heavy atom. The Morgan fingerprint density at radius 2 is 1.72 bits per heavy atom. The maximum Gasteiger partial charge on any atom is 0.231 e. The summed E-state index contributed by atoms with van der Waals surface area (Å²) in [5.74, 6) is 0.684. The van der Waals surface area contributed by atoms with Gasteiger partial charge in [-0.15, -0.1) is 0 Å². The van der Waals surface area contributed by atoms with Gasteiger partial charge in [-0.1, -0.05) is 30.3 Å². The van der Waals surface area contributed by atoms with Crippen LogP contribution in [-0.2, 0) is 16.0 Å². The molecule has 0 radical (unpaired) electrons. The van der Waals surface area contributed by atoms with E-state index >= 15 is 0 Å². The molecule has 5 heteroatoms. The Hall–Kier alpha value is -2.82. The van der Waals surface area contributed by atoms with E-state index in [2.05, 4.69) is 0 Å². The lowest BCUT2D eigenvalue weighted by Crippen LogP contribution is -2.51. The van der Waals surface area contributed by atoms with Crippen LogP contribution in [0.5, 0.6) is 5.75 Å². The number of hydrogen-bond donors (Lipinski definition) is 0. The van der Waals surface area contributed by atoms with Crippen molar-refractivity contribution in [1.82, 2.24) is 0 Å². The van der Waals surface area contributed by atoms with E-state index in [1.807, 2.05) is 55.5 Å². The molecule has 0 spiro atoms. The van der Waals surface area contributed by atoms with Crippen molar-refractivity contribution in [3.8, 4) is 5.75 Å². The first kappa shape index (κ1) is 17.0. The Morgan fingerprint density at radius 1 is 1.08 bits per heavy atom. The van der Waals surface area contributed by atoms with E-state index in [4.69, 9.17) is 4.74 Å². The lowest BCUT2D eigenvalue weighted by Gasteiger charge is -2.40. The zero-order chi connectivity index (χ0) is 18.0. The van der Waals surface area contributed by atoms with Crippen LogP contribution >= 0.6 is 0 Å². The zero-order valence-electron chi connectivity index (χ0n) is 14.7. The van der Waals surface area contributed by atoms with Crippen molar-refractivity contribution in [3.63, 3.8) is 0 Å². The number of nitrogens with zero attached hydrogens (tertiary/aromatic N) is 2. The number of carbonyl (C=O) groups excluding carboxylic acids is 2. The third-order valence-electron chi connectivity index (χ3n) is 4.49. The lowest BCUT2D eigenvalue weighted by molar-refractivity contribution is -0.119. The molecule has 0 unspecified atom stereocenters. The van der Waals surface area contributed by atoms with Gasteiger partial charge in [-0.05, 0) is 25.1 Å². The molecule has 2 amide bonds. The fraction of sp³-hybridized carbons (Fsp3) is 0.300. The number of fused-ring (bicyclic) bond motifs is 1. The highest BCUT2D eigenvalue weighted by molar-refractivity contribution is 6.04. The molecule has 0 N–H and O–H groups in total. The van der Waals surface area contributed by atoms with Crippen molar-refractivity contribution >= 4 is 23.2 Å². The van der Waals surface area contributed by atoms with Gasteiger partial charge in [0.25, 0.3) is 0 Å². The van der Waals surface area contributed by atoms with Crippen LogP contribution in [0.2, 0.25) is 0 Å². The maximum absolute atomic E-state index is 13.0. The summed E-state index contributed by atoms with van der Waals surface area (Å²) < 4.78 is 5.35. The number of rotatable bonds is 3. The molecule has 1 heterocycles. The normalized spacial score (nSPS) is 16.4. The highest BCUT2D eigenvalue weighted by atomic mass is 16.5. The molecular weight excluding hydrogens is 316 g/mol. The Labute approximate surface area is 147 Å². The molecular formula is C20H22N2O3. The van der Waals surface area contributed by atoms with Crippen molar-refractivity contribution in [2.24, 2.45) is 0 Å². The number of carbonyl (C=O) groups is 2. The van der Waals surface area contributed by atoms with E-state index in [0.29, 0.717) is 12.3 Å². The molecule has 3 rings (SSSR count). The Kier molecular flexibility index (Phi) is 4.74. The van der Waals surface area contributed by atoms with Gasteiger partial charge in [0, 0.05) is 19.0 Å². The molecule has 0 saturated heterocycles. The Bertz CT molecular complexity index is 803. The summed E-state index contributed by atoms with van der Waals surface area (Å²) >= 11 is 0. The lowest BCUT2D eigenvalue weighted by atomic mass is 10.0. The molecule has 0 fully saturated rings. The smallest absolute Gasteiger partial charge is 0.231 e. The van der Waals surface area contributed by atoms with Gasteiger partial charge >= 0.3 is 0 Å². The van der Waals surface area contributed by atoms with Crippen LogP contribution in [0.3, 0.4) is 0 Å². The van der Waals surface area contributed by atoms with Gasteiger partial charge < -0.3 is 14.5 Å². The van der Waals surface area contributed by atoms with Gasteiger partial charge in [0.1, 0.15) is 5.75 Å². The minimum absolute atomic E-state index is 0.00741. The number of amides is 2. The predicted octanol–water partition coefficient (Wildman–Crippen LogP) is 3.03. The minimum atomic E-state index is -0.0750. The van der Waals surface area contributed by atoms with Crippen LogP contribution in [0.25, 0.3) is 0 Å². The molecule has 1 aliphatic rings. The third-order valence-corrected chi connectivity index (χ3v) is 4.49. The second-order valence-corrected chi connectivity index (χ2v) is 6.22. The topological polar surface area (TPSA) is 49.9 Å². The van der Waals surface area contributed by atoms with Crippen LogP contribution < -0.4 is 14.5 Å². The van der Waals surface area contributed by atoms with E-state index in [1.165, 1.54) is 0 Å². The summed E-state index contributed by atoms with van der Waals surface area (Å²) in [6.07, 6.45) is 0.255. The summed E-state index contributed by atoms with van der Waals surface area (Å²) in [6.45, 7) is 3.99. The summed E-state index contributed by atoms with van der Waals surface area (Å²) in [4.78, 5) is 28.5. The number of anilines is 2. The highest BCUT2D eigenvalue weighted by Crippen LogP contribution is 2.36. The average molecular weight is 338 g/mol. The van der Waals surface area contributed by atoms with Crippen LogP contribution in [0.4, 0.5) is 11.4 Å². The summed E-state index contributed by atoms with van der Waals surface area (Å²) in [5, 5.41) is 0. The van der Waals surface area contributed by atoms with Crippen LogP contribution in [0, 0.1) is 0 Å². The van der Waals surface area contributed by atoms with E-state index in [1.54, 1.807) is 23.8 Å². The standard InChI is InChI=1S/C20H22N2O3/c1-14-13-21(17-9-5-6-10-18(17)22(14)15(2)23)20(24)12-16-8-4-7-11-19(16)25-3/h4-11,14H,12-13H2,1-3H3/t14-/m0/s1. The molecule has 5 nitrogen and oxygen atoms in total. The highest BCUT2D eigenvalue weighted by Gasteiger charge is 2.33. The number of hydrogen-bond acceptors (Lipinski definition) is 3. The molecule has 0 bridgehead atoms. The first-order chi connectivity index (χ1) is 12.0. The minimum Gasteiger partial charge on any atom is -0.496 e. The van der Waals surface area contributed by atoms with E-state index in [0.717, 1.165) is 16.9 Å². The molecule has 0 saturated carbocycles. The van der Waals surface area contributed by atoms with Gasteiger partial charge in [0.2, 0.25) is 11.8 Å².